The molecule has 150 valence electrons. The third-order valence-electron chi connectivity index (χ3n) is 4.93. The molecule has 0 aliphatic rings. The van der Waals surface area contributed by atoms with Crippen LogP contribution in [0.5, 0.6) is 5.75 Å². The van der Waals surface area contributed by atoms with Gasteiger partial charge in [-0.05, 0) is 44.5 Å². The number of nitrogens with two attached hydrogens (primary N) is 1. The average molecular weight is 428 g/mol. The number of methoxy groups -OCH3 is 1. The van der Waals surface area contributed by atoms with Gasteiger partial charge in [0, 0.05) is 23.2 Å². The van der Waals surface area contributed by atoms with Gasteiger partial charge in [-0.2, -0.15) is 0 Å². The number of pyridine rings is 1. The normalized spacial score (nSPS) is 12.6. The predicted molar refractivity (Wildman–Crippen MR) is 118 cm³/mol. The lowest BCUT2D eigenvalue weighted by Gasteiger charge is -2.21. The molecule has 0 radical (unpaired) electrons. The molecule has 0 saturated carbocycles. The Morgan fingerprint density at radius 2 is 1.83 bits per heavy atom. The molecule has 0 unspecified atom stereocenters. The van der Waals surface area contributed by atoms with Crippen molar-refractivity contribution in [3.05, 3.63) is 42.0 Å². The van der Waals surface area contributed by atoms with Gasteiger partial charge in [-0.1, -0.05) is 6.07 Å². The predicted octanol–water partition coefficient (Wildman–Crippen LogP) is 4.67. The molecule has 0 amide bonds. The van der Waals surface area contributed by atoms with Crippen molar-refractivity contribution >= 4 is 48.0 Å². The first-order valence-electron chi connectivity index (χ1n) is 8.98. The third kappa shape index (κ3) is 3.12. The zero-order valence-corrected chi connectivity index (χ0v) is 18.2. The fraction of sp³-hybridized carbons (Fsp3) is 0.238. The Kier molecular flexibility index (Phi) is 4.51. The Morgan fingerprint density at radius 3 is 2.52 bits per heavy atom. The largest absolute Gasteiger partial charge is 0.495 e. The van der Waals surface area contributed by atoms with Crippen molar-refractivity contribution in [1.29, 1.82) is 0 Å². The fourth-order valence-electron chi connectivity index (χ4n) is 3.18. The standard InChI is InChI=1S/C21H21N3O3S2/c1-21(2,3)29(25,26)19-8-13-15(9-17(19)27-4)23-10-14(20(13)22)12-5-6-18-16(7-12)24-11-28-18/h5-11H,1-4H3,(H2,22,23). The maximum Gasteiger partial charge on any atom is 0.186 e. The Labute approximate surface area is 173 Å². The minimum Gasteiger partial charge on any atom is -0.495 e. The van der Waals surface area contributed by atoms with Crippen LogP contribution >= 0.6 is 11.3 Å². The summed E-state index contributed by atoms with van der Waals surface area (Å²) < 4.78 is 31.7. The van der Waals surface area contributed by atoms with Gasteiger partial charge in [0.2, 0.25) is 0 Å². The molecule has 2 N–H and O–H groups in total. The van der Waals surface area contributed by atoms with Crippen molar-refractivity contribution in [3.63, 3.8) is 0 Å². The van der Waals surface area contributed by atoms with Gasteiger partial charge in [0.1, 0.15) is 10.6 Å². The second-order valence-corrected chi connectivity index (χ2v) is 11.3. The van der Waals surface area contributed by atoms with E-state index in [-0.39, 0.29) is 10.6 Å². The van der Waals surface area contributed by atoms with Crippen molar-refractivity contribution in [3.8, 4) is 16.9 Å². The fourth-order valence-corrected chi connectivity index (χ4v) is 5.17. The molecule has 4 aromatic rings. The molecule has 6 nitrogen and oxygen atoms in total. The molecule has 8 heteroatoms. The van der Waals surface area contributed by atoms with Gasteiger partial charge >= 0.3 is 0 Å². The summed E-state index contributed by atoms with van der Waals surface area (Å²) in [5.41, 5.74) is 11.8. The summed E-state index contributed by atoms with van der Waals surface area (Å²) in [5.74, 6) is 0.260. The summed E-state index contributed by atoms with van der Waals surface area (Å²) in [7, 11) is -2.20. The highest BCUT2D eigenvalue weighted by Crippen LogP contribution is 2.39. The Hall–Kier alpha value is -2.71. The van der Waals surface area contributed by atoms with E-state index < -0.39 is 14.6 Å². The summed E-state index contributed by atoms with van der Waals surface area (Å²) in [6.45, 7) is 4.98. The number of fused-ring (bicyclic) bond motifs is 2. The number of ether oxygens (including phenoxy) is 1. The number of hydrogen-bond acceptors (Lipinski definition) is 7. The topological polar surface area (TPSA) is 95.2 Å². The summed E-state index contributed by atoms with van der Waals surface area (Å²) in [6.07, 6.45) is 1.70. The number of nitrogens with zero attached hydrogens (tertiary/aromatic N) is 2. The molecule has 0 fully saturated rings. The second-order valence-electron chi connectivity index (χ2n) is 7.76. The maximum atomic E-state index is 13.1. The van der Waals surface area contributed by atoms with Gasteiger partial charge in [0.25, 0.3) is 0 Å². The lowest BCUT2D eigenvalue weighted by Crippen LogP contribution is -2.28. The lowest BCUT2D eigenvalue weighted by atomic mass is 10.0. The SMILES string of the molecule is COc1cc2ncc(-c3ccc4scnc4c3)c(N)c2cc1S(=O)(=O)C(C)(C)C. The maximum absolute atomic E-state index is 13.1. The summed E-state index contributed by atoms with van der Waals surface area (Å²) in [4.78, 5) is 8.97. The van der Waals surface area contributed by atoms with E-state index in [9.17, 15) is 8.42 Å². The van der Waals surface area contributed by atoms with E-state index in [1.807, 2.05) is 18.2 Å². The van der Waals surface area contributed by atoms with E-state index in [4.69, 9.17) is 10.5 Å². The number of anilines is 1. The number of thiazole rings is 1. The molecule has 29 heavy (non-hydrogen) atoms. The van der Waals surface area contributed by atoms with E-state index in [2.05, 4.69) is 9.97 Å². The molecule has 0 bridgehead atoms. The third-order valence-corrected chi connectivity index (χ3v) is 8.25. The van der Waals surface area contributed by atoms with Crippen LogP contribution in [-0.2, 0) is 9.84 Å². The molecular weight excluding hydrogens is 406 g/mol. The van der Waals surface area contributed by atoms with Crippen LogP contribution in [0.1, 0.15) is 20.8 Å². The Morgan fingerprint density at radius 1 is 1.07 bits per heavy atom. The van der Waals surface area contributed by atoms with Gasteiger partial charge in [-0.25, -0.2) is 13.4 Å². The van der Waals surface area contributed by atoms with Gasteiger partial charge in [-0.15, -0.1) is 11.3 Å². The van der Waals surface area contributed by atoms with E-state index in [1.165, 1.54) is 7.11 Å². The van der Waals surface area contributed by atoms with Crippen LogP contribution in [0.15, 0.2) is 46.9 Å². The smallest absolute Gasteiger partial charge is 0.186 e. The van der Waals surface area contributed by atoms with Crippen molar-refractivity contribution in [2.75, 3.05) is 12.8 Å². The van der Waals surface area contributed by atoms with Crippen LogP contribution < -0.4 is 10.5 Å². The number of hydrogen-bond donors (Lipinski definition) is 1. The zero-order valence-electron chi connectivity index (χ0n) is 16.6. The van der Waals surface area contributed by atoms with Crippen LogP contribution in [0.4, 0.5) is 5.69 Å². The number of aromatic nitrogens is 2. The van der Waals surface area contributed by atoms with Gasteiger partial charge in [-0.3, -0.25) is 4.98 Å². The number of rotatable bonds is 3. The number of sulfone groups is 1. The molecule has 0 aliphatic carbocycles. The first-order valence-corrected chi connectivity index (χ1v) is 11.3. The number of nitrogen functional groups attached to an aromatic ring is 1. The molecule has 0 atom stereocenters. The minimum absolute atomic E-state index is 0.112. The molecule has 2 aromatic carbocycles. The average Bonchev–Trinajstić information content (AvgIpc) is 3.14. The quantitative estimate of drug-likeness (QED) is 0.510. The molecule has 2 aromatic heterocycles. The second kappa shape index (κ2) is 6.67. The van der Waals surface area contributed by atoms with E-state index in [0.717, 1.165) is 21.3 Å². The molecular formula is C21H21N3O3S2. The van der Waals surface area contributed by atoms with Crippen molar-refractivity contribution in [2.45, 2.75) is 30.4 Å². The highest BCUT2D eigenvalue weighted by molar-refractivity contribution is 7.92. The summed E-state index contributed by atoms with van der Waals surface area (Å²) in [5, 5.41) is 0.574. The van der Waals surface area contributed by atoms with Crippen LogP contribution in [0.2, 0.25) is 0 Å². The van der Waals surface area contributed by atoms with Gasteiger partial charge in [0.15, 0.2) is 9.84 Å². The van der Waals surface area contributed by atoms with E-state index in [0.29, 0.717) is 16.6 Å². The first kappa shape index (κ1) is 19.6. The van der Waals surface area contributed by atoms with Crippen LogP contribution in [-0.4, -0.2) is 30.2 Å². The van der Waals surface area contributed by atoms with Crippen LogP contribution in [0.3, 0.4) is 0 Å². The molecule has 0 aliphatic heterocycles. The highest BCUT2D eigenvalue weighted by Gasteiger charge is 2.34. The number of benzene rings is 2. The van der Waals surface area contributed by atoms with Gasteiger partial charge < -0.3 is 10.5 Å². The molecule has 2 heterocycles. The Bertz CT molecular complexity index is 1350. The minimum atomic E-state index is -3.64. The summed E-state index contributed by atoms with van der Waals surface area (Å²) >= 11 is 1.57. The van der Waals surface area contributed by atoms with E-state index in [1.54, 1.807) is 55.9 Å². The van der Waals surface area contributed by atoms with Crippen LogP contribution in [0, 0.1) is 0 Å². The summed E-state index contributed by atoms with van der Waals surface area (Å²) in [6, 6.07) is 9.12. The highest BCUT2D eigenvalue weighted by atomic mass is 32.2. The molecule has 4 rings (SSSR count). The molecule has 0 saturated heterocycles. The van der Waals surface area contributed by atoms with Crippen molar-refractivity contribution < 1.29 is 13.2 Å². The Balaban J connectivity index is 1.98. The lowest BCUT2D eigenvalue weighted by molar-refractivity contribution is 0.402. The van der Waals surface area contributed by atoms with Gasteiger partial charge in [0.05, 0.1) is 38.8 Å². The van der Waals surface area contributed by atoms with Crippen LogP contribution in [0.25, 0.3) is 32.2 Å². The van der Waals surface area contributed by atoms with Crippen molar-refractivity contribution in [2.24, 2.45) is 0 Å². The zero-order chi connectivity index (χ0) is 21.0. The van der Waals surface area contributed by atoms with Crippen molar-refractivity contribution in [1.82, 2.24) is 9.97 Å². The molecule has 0 spiro atoms. The monoisotopic (exact) mass is 427 g/mol. The first-order chi connectivity index (χ1) is 13.6. The van der Waals surface area contributed by atoms with E-state index >= 15 is 0 Å².